The lowest BCUT2D eigenvalue weighted by Crippen LogP contribution is -2.29. The van der Waals surface area contributed by atoms with Gasteiger partial charge in [-0.2, -0.15) is 0 Å². The first-order valence-corrected chi connectivity index (χ1v) is 7.79. The van der Waals surface area contributed by atoms with Gasteiger partial charge in [0.2, 0.25) is 0 Å². The number of nitrogens with zero attached hydrogens (tertiary/aromatic N) is 1. The first-order valence-electron chi connectivity index (χ1n) is 7.79. The van der Waals surface area contributed by atoms with Crippen molar-refractivity contribution in [2.75, 3.05) is 13.2 Å². The van der Waals surface area contributed by atoms with E-state index in [0.29, 0.717) is 0 Å². The lowest BCUT2D eigenvalue weighted by Gasteiger charge is -2.28. The predicted molar refractivity (Wildman–Crippen MR) is 83.1 cm³/mol. The van der Waals surface area contributed by atoms with Gasteiger partial charge in [0.05, 0.1) is 12.7 Å². The van der Waals surface area contributed by atoms with Crippen molar-refractivity contribution >= 4 is 0 Å². The highest BCUT2D eigenvalue weighted by Gasteiger charge is 2.26. The molecule has 1 atom stereocenters. The van der Waals surface area contributed by atoms with Gasteiger partial charge in [0, 0.05) is 25.0 Å². The van der Waals surface area contributed by atoms with Crippen LogP contribution in [0, 0.1) is 0 Å². The molecule has 108 valence electrons. The number of benzene rings is 1. The van der Waals surface area contributed by atoms with E-state index in [0.717, 1.165) is 25.6 Å². The standard InChI is InChI=1S/C18H20N2O/c1-2-15(13-6-9-19-10-7-13)16-8-11-21-18(17(16)3-1)12-20-14-4-5-14/h1-3,6-7,9-10,14,18,20H,4-5,8,11-12H2/t18-/m1/s1. The largest absolute Gasteiger partial charge is 0.372 e. The number of aromatic nitrogens is 1. The molecule has 0 spiro atoms. The number of nitrogens with one attached hydrogen (secondary N) is 1. The van der Waals surface area contributed by atoms with E-state index in [1.807, 2.05) is 12.4 Å². The Labute approximate surface area is 125 Å². The minimum Gasteiger partial charge on any atom is -0.372 e. The van der Waals surface area contributed by atoms with Gasteiger partial charge in [0.25, 0.3) is 0 Å². The van der Waals surface area contributed by atoms with Gasteiger partial charge < -0.3 is 10.1 Å². The van der Waals surface area contributed by atoms with Crippen LogP contribution >= 0.6 is 0 Å². The zero-order valence-corrected chi connectivity index (χ0v) is 12.1. The molecule has 0 unspecified atom stereocenters. The maximum atomic E-state index is 6.00. The molecule has 1 N–H and O–H groups in total. The summed E-state index contributed by atoms with van der Waals surface area (Å²) in [7, 11) is 0. The van der Waals surface area contributed by atoms with E-state index in [-0.39, 0.29) is 6.10 Å². The van der Waals surface area contributed by atoms with Crippen LogP contribution in [0.3, 0.4) is 0 Å². The molecule has 2 aromatic rings. The molecule has 1 fully saturated rings. The lowest BCUT2D eigenvalue weighted by atomic mass is 9.90. The third-order valence-electron chi connectivity index (χ3n) is 4.39. The maximum Gasteiger partial charge on any atom is 0.0952 e. The van der Waals surface area contributed by atoms with Crippen LogP contribution in [-0.4, -0.2) is 24.2 Å². The second kappa shape index (κ2) is 5.58. The molecule has 4 rings (SSSR count). The molecule has 2 aliphatic rings. The molecule has 1 aliphatic heterocycles. The van der Waals surface area contributed by atoms with E-state index in [4.69, 9.17) is 4.74 Å². The fourth-order valence-electron chi connectivity index (χ4n) is 3.11. The first-order chi connectivity index (χ1) is 10.4. The van der Waals surface area contributed by atoms with E-state index in [9.17, 15) is 0 Å². The summed E-state index contributed by atoms with van der Waals surface area (Å²) < 4.78 is 6.00. The molecule has 1 aromatic heterocycles. The van der Waals surface area contributed by atoms with E-state index in [2.05, 4.69) is 40.6 Å². The highest BCUT2D eigenvalue weighted by molar-refractivity contribution is 5.69. The second-order valence-electron chi connectivity index (χ2n) is 5.90. The molecule has 0 radical (unpaired) electrons. The minimum atomic E-state index is 0.191. The molecular formula is C18H20N2O. The summed E-state index contributed by atoms with van der Waals surface area (Å²) >= 11 is 0. The first kappa shape index (κ1) is 13.0. The van der Waals surface area contributed by atoms with E-state index in [1.54, 1.807) is 0 Å². The Bertz CT molecular complexity index is 622. The normalized spacial score (nSPS) is 21.0. The number of ether oxygens (including phenoxy) is 1. The van der Waals surface area contributed by atoms with E-state index in [1.165, 1.54) is 35.1 Å². The molecule has 21 heavy (non-hydrogen) atoms. The smallest absolute Gasteiger partial charge is 0.0952 e. The van der Waals surface area contributed by atoms with Crippen LogP contribution in [0.15, 0.2) is 42.7 Å². The average molecular weight is 280 g/mol. The van der Waals surface area contributed by atoms with Gasteiger partial charge in [-0.1, -0.05) is 18.2 Å². The van der Waals surface area contributed by atoms with Gasteiger partial charge in [0.1, 0.15) is 0 Å². The van der Waals surface area contributed by atoms with E-state index >= 15 is 0 Å². The fourth-order valence-corrected chi connectivity index (χ4v) is 3.11. The molecule has 1 saturated carbocycles. The Morgan fingerprint density at radius 3 is 2.81 bits per heavy atom. The van der Waals surface area contributed by atoms with Crippen LogP contribution < -0.4 is 5.32 Å². The molecule has 0 saturated heterocycles. The average Bonchev–Trinajstić information content (AvgIpc) is 3.37. The summed E-state index contributed by atoms with van der Waals surface area (Å²) in [5.41, 5.74) is 5.37. The highest BCUT2D eigenvalue weighted by atomic mass is 16.5. The van der Waals surface area contributed by atoms with Crippen LogP contribution in [0.5, 0.6) is 0 Å². The van der Waals surface area contributed by atoms with Crippen molar-refractivity contribution in [3.05, 3.63) is 53.9 Å². The topological polar surface area (TPSA) is 34.2 Å². The molecular weight excluding hydrogens is 260 g/mol. The second-order valence-corrected chi connectivity index (χ2v) is 5.90. The molecule has 0 amide bonds. The lowest BCUT2D eigenvalue weighted by molar-refractivity contribution is 0.0425. The van der Waals surface area contributed by atoms with Crippen LogP contribution in [0.2, 0.25) is 0 Å². The van der Waals surface area contributed by atoms with Crippen molar-refractivity contribution in [1.29, 1.82) is 0 Å². The molecule has 2 heterocycles. The Morgan fingerprint density at radius 1 is 1.14 bits per heavy atom. The van der Waals surface area contributed by atoms with Gasteiger partial charge in [-0.05, 0) is 53.6 Å². The summed E-state index contributed by atoms with van der Waals surface area (Å²) in [5, 5.41) is 3.59. The van der Waals surface area contributed by atoms with Gasteiger partial charge in [-0.25, -0.2) is 0 Å². The quantitative estimate of drug-likeness (QED) is 0.934. The van der Waals surface area contributed by atoms with Gasteiger partial charge in [-0.15, -0.1) is 0 Å². The van der Waals surface area contributed by atoms with Crippen molar-refractivity contribution in [3.63, 3.8) is 0 Å². The third kappa shape index (κ3) is 2.71. The number of fused-ring (bicyclic) bond motifs is 1. The van der Waals surface area contributed by atoms with Crippen molar-refractivity contribution in [1.82, 2.24) is 10.3 Å². The number of pyridine rings is 1. The fraction of sp³-hybridized carbons (Fsp3) is 0.389. The molecule has 3 heteroatoms. The summed E-state index contributed by atoms with van der Waals surface area (Å²) in [5.74, 6) is 0. The zero-order chi connectivity index (χ0) is 14.1. The van der Waals surface area contributed by atoms with Crippen LogP contribution in [0.1, 0.15) is 30.1 Å². The number of hydrogen-bond donors (Lipinski definition) is 1. The number of rotatable bonds is 4. The molecule has 1 aliphatic carbocycles. The molecule has 1 aromatic carbocycles. The highest BCUT2D eigenvalue weighted by Crippen LogP contribution is 2.34. The third-order valence-corrected chi connectivity index (χ3v) is 4.39. The summed E-state index contributed by atoms with van der Waals surface area (Å²) in [4.78, 5) is 4.12. The Hall–Kier alpha value is -1.71. The van der Waals surface area contributed by atoms with Crippen molar-refractivity contribution < 1.29 is 4.74 Å². The monoisotopic (exact) mass is 280 g/mol. The van der Waals surface area contributed by atoms with Gasteiger partial charge in [0.15, 0.2) is 0 Å². The van der Waals surface area contributed by atoms with Gasteiger partial charge >= 0.3 is 0 Å². The Balaban J connectivity index is 1.66. The summed E-state index contributed by atoms with van der Waals surface area (Å²) in [6, 6.07) is 11.5. The molecule has 3 nitrogen and oxygen atoms in total. The Morgan fingerprint density at radius 2 is 2.00 bits per heavy atom. The molecule has 0 bridgehead atoms. The number of hydrogen-bond acceptors (Lipinski definition) is 3. The van der Waals surface area contributed by atoms with Crippen molar-refractivity contribution in [3.8, 4) is 11.1 Å². The predicted octanol–water partition coefficient (Wildman–Crippen LogP) is 3.11. The van der Waals surface area contributed by atoms with E-state index < -0.39 is 0 Å². The zero-order valence-electron chi connectivity index (χ0n) is 12.1. The SMILES string of the molecule is c1cc(-c2ccncc2)c2c(c1)[C@@H](CNC1CC1)OCC2. The van der Waals surface area contributed by atoms with Crippen LogP contribution in [-0.2, 0) is 11.2 Å². The van der Waals surface area contributed by atoms with Crippen LogP contribution in [0.4, 0.5) is 0 Å². The minimum absolute atomic E-state index is 0.191. The van der Waals surface area contributed by atoms with Crippen LogP contribution in [0.25, 0.3) is 11.1 Å². The van der Waals surface area contributed by atoms with Gasteiger partial charge in [-0.3, -0.25) is 4.98 Å². The summed E-state index contributed by atoms with van der Waals surface area (Å²) in [6.07, 6.45) is 7.54. The van der Waals surface area contributed by atoms with Crippen molar-refractivity contribution in [2.45, 2.75) is 31.4 Å². The Kier molecular flexibility index (Phi) is 3.45. The van der Waals surface area contributed by atoms with Crippen molar-refractivity contribution in [2.24, 2.45) is 0 Å². The summed E-state index contributed by atoms with van der Waals surface area (Å²) in [6.45, 7) is 1.74. The maximum absolute atomic E-state index is 6.00.